The lowest BCUT2D eigenvalue weighted by Crippen LogP contribution is -2.00. The highest BCUT2D eigenvalue weighted by molar-refractivity contribution is 14.1. The molecule has 0 saturated carbocycles. The van der Waals surface area contributed by atoms with Crippen LogP contribution in [0.4, 0.5) is 15.8 Å². The van der Waals surface area contributed by atoms with Crippen LogP contribution < -0.4 is 5.32 Å². The van der Waals surface area contributed by atoms with Gasteiger partial charge in [0.25, 0.3) is 0 Å². The van der Waals surface area contributed by atoms with Crippen molar-refractivity contribution in [3.8, 4) is 0 Å². The van der Waals surface area contributed by atoms with Gasteiger partial charge in [-0.2, -0.15) is 0 Å². The maximum Gasteiger partial charge on any atom is 0.348 e. The minimum atomic E-state index is -1.05. The molecule has 1 aromatic carbocycles. The summed E-state index contributed by atoms with van der Waals surface area (Å²) in [5.74, 6) is -1.48. The predicted octanol–water partition coefficient (Wildman–Crippen LogP) is 4.48. The largest absolute Gasteiger partial charge is 0.477 e. The Morgan fingerprint density at radius 1 is 1.38 bits per heavy atom. The monoisotopic (exact) mass is 414 g/mol. The van der Waals surface area contributed by atoms with Gasteiger partial charge in [0.2, 0.25) is 0 Å². The number of hydrogen-bond acceptors (Lipinski definition) is 4. The molecule has 0 spiro atoms. The van der Waals surface area contributed by atoms with E-state index in [0.717, 1.165) is 19.6 Å². The van der Waals surface area contributed by atoms with E-state index in [1.165, 1.54) is 6.07 Å². The Hall–Kier alpha value is -1.74. The lowest BCUT2D eigenvalue weighted by molar-refractivity contribution is 0.0703. The van der Waals surface area contributed by atoms with E-state index in [1.807, 2.05) is 22.6 Å². The van der Waals surface area contributed by atoms with E-state index in [2.05, 4.69) is 10.3 Å². The summed E-state index contributed by atoms with van der Waals surface area (Å²) >= 11 is 3.15. The smallest absolute Gasteiger partial charge is 0.348 e. The minimum absolute atomic E-state index is 0.135. The Labute approximate surface area is 136 Å². The summed E-state index contributed by atoms with van der Waals surface area (Å²) in [5.41, 5.74) is 0.608. The van der Waals surface area contributed by atoms with E-state index >= 15 is 0 Å². The fourth-order valence-electron chi connectivity index (χ4n) is 1.94. The Kier molecular flexibility index (Phi) is 3.77. The second-order valence-electron chi connectivity index (χ2n) is 4.23. The molecular formula is C14H8FIN2O2S. The van der Waals surface area contributed by atoms with Crippen molar-refractivity contribution in [3.05, 3.63) is 50.9 Å². The van der Waals surface area contributed by atoms with Crippen molar-refractivity contribution in [2.75, 3.05) is 5.32 Å². The van der Waals surface area contributed by atoms with E-state index < -0.39 is 11.8 Å². The van der Waals surface area contributed by atoms with Crippen LogP contribution in [0, 0.1) is 9.39 Å². The highest BCUT2D eigenvalue weighted by Gasteiger charge is 2.19. The van der Waals surface area contributed by atoms with Gasteiger partial charge in [-0.15, -0.1) is 11.3 Å². The molecule has 7 heteroatoms. The highest BCUT2D eigenvalue weighted by atomic mass is 127. The summed E-state index contributed by atoms with van der Waals surface area (Å²) in [6, 6.07) is 6.46. The lowest BCUT2D eigenvalue weighted by atomic mass is 10.2. The Bertz CT molecular complexity index is 850. The average molecular weight is 414 g/mol. The molecule has 0 aliphatic carbocycles. The Morgan fingerprint density at radius 3 is 2.90 bits per heavy atom. The third-order valence-corrected chi connectivity index (χ3v) is 4.70. The first-order chi connectivity index (χ1) is 10.1. The van der Waals surface area contributed by atoms with Gasteiger partial charge >= 0.3 is 5.97 Å². The molecule has 0 unspecified atom stereocenters. The average Bonchev–Trinajstić information content (AvgIpc) is 2.81. The van der Waals surface area contributed by atoms with Crippen LogP contribution in [0.3, 0.4) is 0 Å². The van der Waals surface area contributed by atoms with Crippen molar-refractivity contribution < 1.29 is 14.3 Å². The molecule has 3 aromatic rings. The third kappa shape index (κ3) is 2.70. The number of carbonyl (C=O) groups is 1. The number of hydrogen-bond donors (Lipinski definition) is 2. The first-order valence-corrected chi connectivity index (χ1v) is 7.77. The molecule has 21 heavy (non-hydrogen) atoms. The lowest BCUT2D eigenvalue weighted by Gasteiger charge is -2.08. The van der Waals surface area contributed by atoms with Gasteiger partial charge in [0.1, 0.15) is 10.7 Å². The molecule has 0 atom stereocenters. The zero-order valence-corrected chi connectivity index (χ0v) is 13.4. The normalized spacial score (nSPS) is 10.8. The maximum absolute atomic E-state index is 13.9. The molecule has 0 fully saturated rings. The molecule has 0 aliphatic rings. The van der Waals surface area contributed by atoms with E-state index in [9.17, 15) is 14.3 Å². The van der Waals surface area contributed by atoms with E-state index in [1.54, 1.807) is 30.6 Å². The minimum Gasteiger partial charge on any atom is -0.477 e. The zero-order chi connectivity index (χ0) is 15.0. The maximum atomic E-state index is 13.9. The number of aromatic carboxylic acids is 1. The first kappa shape index (κ1) is 14.2. The van der Waals surface area contributed by atoms with Crippen LogP contribution in [-0.2, 0) is 0 Å². The summed E-state index contributed by atoms with van der Waals surface area (Å²) < 4.78 is 15.5. The van der Waals surface area contributed by atoms with Crippen LogP contribution in [0.2, 0.25) is 0 Å². The predicted molar refractivity (Wildman–Crippen MR) is 89.0 cm³/mol. The number of aromatic nitrogens is 1. The number of thiophene rings is 1. The van der Waals surface area contributed by atoms with Crippen molar-refractivity contribution >= 4 is 61.4 Å². The third-order valence-electron chi connectivity index (χ3n) is 2.87. The van der Waals surface area contributed by atoms with Gasteiger partial charge < -0.3 is 10.4 Å². The number of pyridine rings is 1. The second kappa shape index (κ2) is 5.57. The number of benzene rings is 1. The SMILES string of the molecule is O=C(O)c1sc2ccncc2c1Nc1ccc(I)cc1F. The Morgan fingerprint density at radius 2 is 2.19 bits per heavy atom. The van der Waals surface area contributed by atoms with Crippen molar-refractivity contribution in [1.29, 1.82) is 0 Å². The van der Waals surface area contributed by atoms with Gasteiger partial charge in [-0.1, -0.05) is 0 Å². The van der Waals surface area contributed by atoms with Gasteiger partial charge in [-0.05, 0) is 46.9 Å². The zero-order valence-electron chi connectivity index (χ0n) is 10.4. The van der Waals surface area contributed by atoms with Crippen LogP contribution in [-0.4, -0.2) is 16.1 Å². The van der Waals surface area contributed by atoms with Gasteiger partial charge in [0, 0.05) is 26.1 Å². The number of nitrogens with one attached hydrogen (secondary N) is 1. The fraction of sp³-hybridized carbons (Fsp3) is 0. The number of halogens is 2. The molecule has 0 bridgehead atoms. The van der Waals surface area contributed by atoms with Crippen LogP contribution in [0.15, 0.2) is 36.7 Å². The molecule has 2 heterocycles. The number of fused-ring (bicyclic) bond motifs is 1. The van der Waals surface area contributed by atoms with Crippen molar-refractivity contribution in [3.63, 3.8) is 0 Å². The number of carboxylic acid groups (broad SMARTS) is 1. The molecule has 4 nitrogen and oxygen atoms in total. The van der Waals surface area contributed by atoms with E-state index in [-0.39, 0.29) is 10.6 Å². The molecule has 0 aliphatic heterocycles. The number of carboxylic acids is 1. The highest BCUT2D eigenvalue weighted by Crippen LogP contribution is 2.37. The van der Waals surface area contributed by atoms with Crippen LogP contribution in [0.25, 0.3) is 10.1 Å². The molecule has 0 saturated heterocycles. The molecule has 0 radical (unpaired) electrons. The van der Waals surface area contributed by atoms with Gasteiger partial charge in [-0.3, -0.25) is 4.98 Å². The number of anilines is 2. The number of rotatable bonds is 3. The molecular weight excluding hydrogens is 406 g/mol. The van der Waals surface area contributed by atoms with E-state index in [4.69, 9.17) is 0 Å². The molecule has 2 aromatic heterocycles. The topological polar surface area (TPSA) is 62.2 Å². The van der Waals surface area contributed by atoms with Crippen LogP contribution in [0.1, 0.15) is 9.67 Å². The summed E-state index contributed by atoms with van der Waals surface area (Å²) in [5, 5.41) is 12.9. The number of nitrogens with zero attached hydrogens (tertiary/aromatic N) is 1. The van der Waals surface area contributed by atoms with Gasteiger partial charge in [0.15, 0.2) is 0 Å². The first-order valence-electron chi connectivity index (χ1n) is 5.88. The summed E-state index contributed by atoms with van der Waals surface area (Å²) in [4.78, 5) is 15.5. The van der Waals surface area contributed by atoms with Crippen molar-refractivity contribution in [2.24, 2.45) is 0 Å². The van der Waals surface area contributed by atoms with Gasteiger partial charge in [0.05, 0.1) is 11.4 Å². The summed E-state index contributed by atoms with van der Waals surface area (Å²) in [6.07, 6.45) is 3.17. The van der Waals surface area contributed by atoms with Crippen LogP contribution in [0.5, 0.6) is 0 Å². The van der Waals surface area contributed by atoms with Crippen LogP contribution >= 0.6 is 33.9 Å². The van der Waals surface area contributed by atoms with Crippen molar-refractivity contribution in [2.45, 2.75) is 0 Å². The Balaban J connectivity index is 2.14. The van der Waals surface area contributed by atoms with Gasteiger partial charge in [-0.25, -0.2) is 9.18 Å². The molecule has 0 amide bonds. The quantitative estimate of drug-likeness (QED) is 0.621. The summed E-state index contributed by atoms with van der Waals surface area (Å²) in [7, 11) is 0. The van der Waals surface area contributed by atoms with Crippen molar-refractivity contribution in [1.82, 2.24) is 4.98 Å². The molecule has 106 valence electrons. The standard InChI is InChI=1S/C14H8FIN2O2S/c15-9-5-7(16)1-2-10(9)18-12-8-6-17-4-3-11(8)21-13(12)14(19)20/h1-6,18H,(H,19,20). The molecule has 3 rings (SSSR count). The summed E-state index contributed by atoms with van der Waals surface area (Å²) in [6.45, 7) is 0. The fourth-order valence-corrected chi connectivity index (χ4v) is 3.36. The van der Waals surface area contributed by atoms with E-state index in [0.29, 0.717) is 11.1 Å². The second-order valence-corrected chi connectivity index (χ2v) is 6.53. The molecule has 2 N–H and O–H groups in total.